The monoisotopic (exact) mass is 607 g/mol. The summed E-state index contributed by atoms with van der Waals surface area (Å²) in [5.41, 5.74) is 0.443. The summed E-state index contributed by atoms with van der Waals surface area (Å²) in [5, 5.41) is 2.48. The number of thioether (sulfide) groups is 1. The number of rotatable bonds is 13. The highest BCUT2D eigenvalue weighted by atomic mass is 32.2. The van der Waals surface area contributed by atoms with E-state index in [0.29, 0.717) is 11.5 Å². The van der Waals surface area contributed by atoms with Crippen LogP contribution in [0.5, 0.6) is 5.75 Å². The second-order valence-corrected chi connectivity index (χ2v) is 14.1. The van der Waals surface area contributed by atoms with Gasteiger partial charge in [-0.3, -0.25) is 8.98 Å². The fourth-order valence-electron chi connectivity index (χ4n) is 3.19. The Morgan fingerprint density at radius 2 is 1.59 bits per heavy atom. The molecule has 0 saturated carbocycles. The molecule has 0 saturated heterocycles. The first-order valence-electron chi connectivity index (χ1n) is 13.1. The van der Waals surface area contributed by atoms with Crippen LogP contribution in [-0.2, 0) is 40.9 Å². The molecule has 2 rings (SSSR count). The molecule has 0 fully saturated rings. The second-order valence-electron chi connectivity index (χ2n) is 11.5. The van der Waals surface area contributed by atoms with Crippen molar-refractivity contribution in [2.75, 3.05) is 13.7 Å². The van der Waals surface area contributed by atoms with Crippen LogP contribution >= 0.6 is 11.8 Å². The summed E-state index contributed by atoms with van der Waals surface area (Å²) in [5.74, 6) is 0.431. The molecule has 0 bridgehead atoms. The number of amides is 1. The molecule has 9 nitrogen and oxygen atoms in total. The Bertz CT molecular complexity index is 1250. The highest BCUT2D eigenvalue weighted by molar-refractivity contribution is 7.99. The predicted molar refractivity (Wildman–Crippen MR) is 161 cm³/mol. The van der Waals surface area contributed by atoms with Crippen LogP contribution in [0.15, 0.2) is 66.1 Å². The van der Waals surface area contributed by atoms with Crippen LogP contribution in [0.2, 0.25) is 0 Å². The van der Waals surface area contributed by atoms with Crippen LogP contribution in [0.4, 0.5) is 4.79 Å². The number of ether oxygens (including phenoxy) is 3. The quantitative estimate of drug-likeness (QED) is 0.221. The molecule has 0 spiro atoms. The Balaban J connectivity index is 2.35. The zero-order valence-corrected chi connectivity index (χ0v) is 26.3. The SMILES string of the molecule is COc1ccc(CS[C@@H](C(=O)OC(C)(C)C)[C@@H](C=CS(=O)(=O)OCC(C)(C)C)NC(=O)OCc2ccccc2)cc1. The minimum absolute atomic E-state index is 0.00774. The van der Waals surface area contributed by atoms with Gasteiger partial charge in [-0.25, -0.2) is 4.79 Å². The Labute approximate surface area is 248 Å². The maximum Gasteiger partial charge on any atom is 0.407 e. The highest BCUT2D eigenvalue weighted by Gasteiger charge is 2.33. The molecule has 0 aliphatic rings. The first-order chi connectivity index (χ1) is 19.1. The Kier molecular flexibility index (Phi) is 12.7. The molecule has 0 aliphatic carbocycles. The van der Waals surface area contributed by atoms with Crippen molar-refractivity contribution in [3.05, 3.63) is 77.2 Å². The molecule has 0 aliphatic heterocycles. The molecule has 2 aromatic carbocycles. The third kappa shape index (κ3) is 13.9. The summed E-state index contributed by atoms with van der Waals surface area (Å²) in [6, 6.07) is 15.3. The van der Waals surface area contributed by atoms with Gasteiger partial charge in [0.2, 0.25) is 0 Å². The van der Waals surface area contributed by atoms with E-state index in [4.69, 9.17) is 18.4 Å². The number of carbonyl (C=O) groups is 2. The van der Waals surface area contributed by atoms with Crippen LogP contribution in [0, 0.1) is 5.41 Å². The van der Waals surface area contributed by atoms with Crippen LogP contribution in [0.3, 0.4) is 0 Å². The van der Waals surface area contributed by atoms with Crippen molar-refractivity contribution >= 4 is 33.9 Å². The lowest BCUT2D eigenvalue weighted by Gasteiger charge is -2.28. The van der Waals surface area contributed by atoms with Gasteiger partial charge < -0.3 is 19.5 Å². The van der Waals surface area contributed by atoms with Crippen molar-refractivity contribution in [2.24, 2.45) is 5.41 Å². The van der Waals surface area contributed by atoms with Gasteiger partial charge in [0.15, 0.2) is 0 Å². The van der Waals surface area contributed by atoms with Gasteiger partial charge in [-0.05, 0) is 55.5 Å². The maximum absolute atomic E-state index is 13.4. The van der Waals surface area contributed by atoms with Gasteiger partial charge in [0.1, 0.15) is 23.2 Å². The average molecular weight is 608 g/mol. The number of benzene rings is 2. The summed E-state index contributed by atoms with van der Waals surface area (Å²) in [4.78, 5) is 26.2. The molecule has 0 aromatic heterocycles. The fraction of sp³-hybridized carbons (Fsp3) is 0.467. The summed E-state index contributed by atoms with van der Waals surface area (Å²) < 4.78 is 46.7. The maximum atomic E-state index is 13.4. The van der Waals surface area contributed by atoms with E-state index in [-0.39, 0.29) is 13.2 Å². The first-order valence-corrected chi connectivity index (χ1v) is 15.6. The van der Waals surface area contributed by atoms with E-state index >= 15 is 0 Å². The van der Waals surface area contributed by atoms with E-state index in [9.17, 15) is 18.0 Å². The van der Waals surface area contributed by atoms with Crippen molar-refractivity contribution in [3.63, 3.8) is 0 Å². The van der Waals surface area contributed by atoms with Gasteiger partial charge >= 0.3 is 12.1 Å². The number of hydrogen-bond acceptors (Lipinski definition) is 9. The Morgan fingerprint density at radius 3 is 2.15 bits per heavy atom. The standard InChI is InChI=1S/C30H41NO8S2/c1-29(2,3)21-38-41(34,35)18-17-25(31-28(33)37-19-22-11-9-8-10-12-22)26(27(32)39-30(4,5)6)40-20-23-13-15-24(36-7)16-14-23/h8-18,25-26H,19-21H2,1-7H3,(H,31,33)/t25-,26-/m1/s1. The van der Waals surface area contributed by atoms with Crippen LogP contribution < -0.4 is 10.1 Å². The van der Waals surface area contributed by atoms with Crippen LogP contribution in [0.1, 0.15) is 52.7 Å². The zero-order valence-electron chi connectivity index (χ0n) is 24.7. The molecule has 1 N–H and O–H groups in total. The molecule has 1 amide bonds. The van der Waals surface area contributed by atoms with Crippen molar-refractivity contribution in [2.45, 2.75) is 70.8 Å². The molecule has 41 heavy (non-hydrogen) atoms. The minimum Gasteiger partial charge on any atom is -0.497 e. The Morgan fingerprint density at radius 1 is 0.951 bits per heavy atom. The van der Waals surface area contributed by atoms with Crippen molar-refractivity contribution in [3.8, 4) is 5.75 Å². The van der Waals surface area contributed by atoms with E-state index in [2.05, 4.69) is 5.32 Å². The number of carbonyl (C=O) groups excluding carboxylic acids is 2. The fourth-order valence-corrected chi connectivity index (χ4v) is 5.26. The number of esters is 1. The smallest absolute Gasteiger partial charge is 0.407 e. The zero-order chi connectivity index (χ0) is 30.7. The van der Waals surface area contributed by atoms with Crippen LogP contribution in [-0.4, -0.2) is 51.1 Å². The van der Waals surface area contributed by atoms with Gasteiger partial charge in [-0.1, -0.05) is 63.2 Å². The molecule has 226 valence electrons. The highest BCUT2D eigenvalue weighted by Crippen LogP contribution is 2.26. The van der Waals surface area contributed by atoms with E-state index < -0.39 is 44.5 Å². The van der Waals surface area contributed by atoms with Gasteiger partial charge in [-0.2, -0.15) is 8.42 Å². The molecule has 11 heteroatoms. The van der Waals surface area contributed by atoms with E-state index in [1.165, 1.54) is 17.8 Å². The predicted octanol–water partition coefficient (Wildman–Crippen LogP) is 5.84. The van der Waals surface area contributed by atoms with Crippen molar-refractivity contribution in [1.82, 2.24) is 5.32 Å². The Hall–Kier alpha value is -3.02. The molecular formula is C30H41NO8S2. The normalized spacial score (nSPS) is 13.8. The van der Waals surface area contributed by atoms with Gasteiger partial charge in [0.25, 0.3) is 10.1 Å². The van der Waals surface area contributed by atoms with Gasteiger partial charge in [0, 0.05) is 5.75 Å². The van der Waals surface area contributed by atoms with Crippen molar-refractivity contribution in [1.29, 1.82) is 0 Å². The van der Waals surface area contributed by atoms with Gasteiger partial charge in [-0.15, -0.1) is 11.8 Å². The summed E-state index contributed by atoms with van der Waals surface area (Å²) in [6.07, 6.45) is 0.396. The van der Waals surface area contributed by atoms with E-state index in [1.807, 2.05) is 51.1 Å². The third-order valence-electron chi connectivity index (χ3n) is 5.16. The summed E-state index contributed by atoms with van der Waals surface area (Å²) >= 11 is 1.20. The number of nitrogens with one attached hydrogen (secondary N) is 1. The average Bonchev–Trinajstić information content (AvgIpc) is 2.89. The van der Waals surface area contributed by atoms with Gasteiger partial charge in [0.05, 0.1) is 25.2 Å². The number of hydrogen-bond donors (Lipinski definition) is 1. The summed E-state index contributed by atoms with van der Waals surface area (Å²) in [7, 11) is -2.55. The molecule has 0 radical (unpaired) electrons. The minimum atomic E-state index is -4.12. The molecule has 0 unspecified atom stereocenters. The second kappa shape index (κ2) is 15.3. The lowest BCUT2D eigenvalue weighted by Crippen LogP contribution is -2.46. The molecular weight excluding hydrogens is 566 g/mol. The molecule has 0 heterocycles. The van der Waals surface area contributed by atoms with Crippen LogP contribution in [0.25, 0.3) is 0 Å². The summed E-state index contributed by atoms with van der Waals surface area (Å²) in [6.45, 7) is 10.7. The number of alkyl carbamates (subject to hydrolysis) is 1. The topological polar surface area (TPSA) is 117 Å². The van der Waals surface area contributed by atoms with E-state index in [1.54, 1.807) is 52.1 Å². The largest absolute Gasteiger partial charge is 0.497 e. The lowest BCUT2D eigenvalue weighted by atomic mass is 9.99. The molecule has 2 aromatic rings. The number of methoxy groups -OCH3 is 1. The lowest BCUT2D eigenvalue weighted by molar-refractivity contribution is -0.154. The van der Waals surface area contributed by atoms with Crippen molar-refractivity contribution < 1.29 is 36.4 Å². The molecule has 2 atom stereocenters. The first kappa shape index (κ1) is 34.2. The van der Waals surface area contributed by atoms with E-state index in [0.717, 1.165) is 16.5 Å². The third-order valence-corrected chi connectivity index (χ3v) is 7.44.